The molecule has 3 nitrogen and oxygen atoms in total. The molecular formula is C11H12O3. The molecule has 14 heavy (non-hydrogen) atoms. The lowest BCUT2D eigenvalue weighted by atomic mass is 9.93. The first-order chi connectivity index (χ1) is 6.74. The van der Waals surface area contributed by atoms with Gasteiger partial charge in [0.1, 0.15) is 5.75 Å². The number of ether oxygens (including phenoxy) is 1. The largest absolute Gasteiger partial charge is 0.478 e. The number of aliphatic carboxylic acids is 1. The van der Waals surface area contributed by atoms with Crippen molar-refractivity contribution in [1.82, 2.24) is 0 Å². The lowest BCUT2D eigenvalue weighted by molar-refractivity contribution is -0.145. The number of para-hydroxylation sites is 1. The monoisotopic (exact) mass is 192 g/mol. The van der Waals surface area contributed by atoms with Gasteiger partial charge in [0.15, 0.2) is 0 Å². The predicted molar refractivity (Wildman–Crippen MR) is 51.5 cm³/mol. The van der Waals surface area contributed by atoms with E-state index < -0.39 is 12.1 Å². The molecule has 1 N–H and O–H groups in total. The fraction of sp³-hybridized carbons (Fsp3) is 0.364. The Kier molecular flexibility index (Phi) is 2.15. The molecule has 0 bridgehead atoms. The topological polar surface area (TPSA) is 46.5 Å². The maximum atomic E-state index is 10.9. The van der Waals surface area contributed by atoms with Crippen molar-refractivity contribution in [1.29, 1.82) is 0 Å². The second-order valence-corrected chi connectivity index (χ2v) is 3.43. The quantitative estimate of drug-likeness (QED) is 0.779. The van der Waals surface area contributed by atoms with E-state index in [4.69, 9.17) is 9.84 Å². The number of carbonyl (C=O) groups is 1. The maximum absolute atomic E-state index is 10.9. The van der Waals surface area contributed by atoms with Crippen molar-refractivity contribution in [2.24, 2.45) is 0 Å². The van der Waals surface area contributed by atoms with Gasteiger partial charge < -0.3 is 9.84 Å². The molecule has 0 radical (unpaired) electrons. The molecule has 74 valence electrons. The van der Waals surface area contributed by atoms with E-state index in [-0.39, 0.29) is 5.92 Å². The van der Waals surface area contributed by atoms with Crippen molar-refractivity contribution >= 4 is 5.97 Å². The van der Waals surface area contributed by atoms with Gasteiger partial charge in [-0.2, -0.15) is 0 Å². The van der Waals surface area contributed by atoms with Crippen molar-refractivity contribution in [2.75, 3.05) is 0 Å². The van der Waals surface area contributed by atoms with Gasteiger partial charge in [-0.05, 0) is 12.5 Å². The van der Waals surface area contributed by atoms with E-state index >= 15 is 0 Å². The summed E-state index contributed by atoms with van der Waals surface area (Å²) < 4.78 is 5.37. The molecule has 0 amide bonds. The third-order valence-corrected chi connectivity index (χ3v) is 2.62. The van der Waals surface area contributed by atoms with Crippen LogP contribution in [0.25, 0.3) is 0 Å². The normalized spacial score (nSPS) is 24.1. The Morgan fingerprint density at radius 2 is 2.21 bits per heavy atom. The van der Waals surface area contributed by atoms with Crippen LogP contribution in [0.2, 0.25) is 0 Å². The summed E-state index contributed by atoms with van der Waals surface area (Å²) in [7, 11) is 0. The first-order valence-corrected chi connectivity index (χ1v) is 4.72. The molecule has 0 spiro atoms. The van der Waals surface area contributed by atoms with Gasteiger partial charge in [0.2, 0.25) is 6.10 Å². The highest BCUT2D eigenvalue weighted by atomic mass is 16.5. The summed E-state index contributed by atoms with van der Waals surface area (Å²) in [5.41, 5.74) is 1.02. The first-order valence-electron chi connectivity index (χ1n) is 4.72. The van der Waals surface area contributed by atoms with Gasteiger partial charge >= 0.3 is 5.97 Å². The molecule has 2 atom stereocenters. The number of benzene rings is 1. The minimum atomic E-state index is -0.881. The minimum absolute atomic E-state index is 0.0105. The number of carboxylic acids is 1. The first kappa shape index (κ1) is 9.06. The van der Waals surface area contributed by atoms with Gasteiger partial charge in [0.05, 0.1) is 0 Å². The van der Waals surface area contributed by atoms with E-state index in [9.17, 15) is 4.79 Å². The van der Waals surface area contributed by atoms with Crippen LogP contribution in [-0.2, 0) is 4.79 Å². The summed E-state index contributed by atoms with van der Waals surface area (Å²) in [6.45, 7) is 1.98. The molecule has 1 heterocycles. The molecule has 2 unspecified atom stereocenters. The van der Waals surface area contributed by atoms with E-state index in [1.54, 1.807) is 0 Å². The Morgan fingerprint density at radius 3 is 2.86 bits per heavy atom. The average Bonchev–Trinajstić information content (AvgIpc) is 2.56. The highest BCUT2D eigenvalue weighted by molar-refractivity contribution is 5.76. The van der Waals surface area contributed by atoms with Crippen LogP contribution >= 0.6 is 0 Å². The molecule has 0 fully saturated rings. The SMILES string of the molecule is CCC1c2ccccc2OC1C(=O)O. The minimum Gasteiger partial charge on any atom is -0.478 e. The van der Waals surface area contributed by atoms with Crippen LogP contribution in [0.15, 0.2) is 24.3 Å². The summed E-state index contributed by atoms with van der Waals surface area (Å²) in [4.78, 5) is 10.9. The lowest BCUT2D eigenvalue weighted by Gasteiger charge is -2.12. The third kappa shape index (κ3) is 1.25. The van der Waals surface area contributed by atoms with Crippen LogP contribution in [0.3, 0.4) is 0 Å². The van der Waals surface area contributed by atoms with Crippen molar-refractivity contribution in [3.63, 3.8) is 0 Å². The fourth-order valence-corrected chi connectivity index (χ4v) is 1.93. The second kappa shape index (κ2) is 3.33. The molecular weight excluding hydrogens is 180 g/mol. The molecule has 1 aromatic carbocycles. The van der Waals surface area contributed by atoms with E-state index in [1.165, 1.54) is 0 Å². The second-order valence-electron chi connectivity index (χ2n) is 3.43. The molecule has 0 saturated heterocycles. The smallest absolute Gasteiger partial charge is 0.345 e. The zero-order chi connectivity index (χ0) is 10.1. The van der Waals surface area contributed by atoms with Gasteiger partial charge in [0, 0.05) is 11.5 Å². The number of hydrogen-bond donors (Lipinski definition) is 1. The highest BCUT2D eigenvalue weighted by Crippen LogP contribution is 2.39. The van der Waals surface area contributed by atoms with E-state index in [1.807, 2.05) is 31.2 Å². The van der Waals surface area contributed by atoms with E-state index in [2.05, 4.69) is 0 Å². The number of fused-ring (bicyclic) bond motifs is 1. The van der Waals surface area contributed by atoms with Crippen LogP contribution in [0.5, 0.6) is 5.75 Å². The van der Waals surface area contributed by atoms with Gasteiger partial charge in [-0.25, -0.2) is 4.79 Å². The molecule has 0 saturated carbocycles. The summed E-state index contributed by atoms with van der Waals surface area (Å²) >= 11 is 0. The Morgan fingerprint density at radius 1 is 1.50 bits per heavy atom. The fourth-order valence-electron chi connectivity index (χ4n) is 1.93. The molecule has 1 aliphatic rings. The summed E-state index contributed by atoms with van der Waals surface area (Å²) in [5, 5.41) is 8.96. The zero-order valence-electron chi connectivity index (χ0n) is 7.93. The summed E-state index contributed by atoms with van der Waals surface area (Å²) in [6, 6.07) is 7.53. The van der Waals surface area contributed by atoms with Crippen LogP contribution in [0.4, 0.5) is 0 Å². The van der Waals surface area contributed by atoms with Gasteiger partial charge in [0.25, 0.3) is 0 Å². The molecule has 0 aromatic heterocycles. The summed E-state index contributed by atoms with van der Waals surface area (Å²) in [5.74, 6) is -0.177. The number of carboxylic acid groups (broad SMARTS) is 1. The standard InChI is InChI=1S/C11H12O3/c1-2-7-8-5-3-4-6-9(8)14-10(7)11(12)13/h3-7,10H,2H2,1H3,(H,12,13). The molecule has 3 heteroatoms. The van der Waals surface area contributed by atoms with E-state index in [0.717, 1.165) is 12.0 Å². The number of rotatable bonds is 2. The Hall–Kier alpha value is -1.51. The van der Waals surface area contributed by atoms with Gasteiger partial charge in [-0.15, -0.1) is 0 Å². The molecule has 2 rings (SSSR count). The highest BCUT2D eigenvalue weighted by Gasteiger charge is 2.37. The van der Waals surface area contributed by atoms with Crippen molar-refractivity contribution < 1.29 is 14.6 Å². The van der Waals surface area contributed by atoms with Crippen LogP contribution in [0.1, 0.15) is 24.8 Å². The Balaban J connectivity index is 2.38. The van der Waals surface area contributed by atoms with Crippen LogP contribution in [-0.4, -0.2) is 17.2 Å². The molecule has 0 aliphatic carbocycles. The van der Waals surface area contributed by atoms with E-state index in [0.29, 0.717) is 5.75 Å². The number of hydrogen-bond acceptors (Lipinski definition) is 2. The van der Waals surface area contributed by atoms with Gasteiger partial charge in [-0.1, -0.05) is 25.1 Å². The van der Waals surface area contributed by atoms with Gasteiger partial charge in [-0.3, -0.25) is 0 Å². The zero-order valence-corrected chi connectivity index (χ0v) is 7.93. The Bertz CT molecular complexity index is 359. The maximum Gasteiger partial charge on any atom is 0.345 e. The third-order valence-electron chi connectivity index (χ3n) is 2.62. The average molecular weight is 192 g/mol. The van der Waals surface area contributed by atoms with Crippen molar-refractivity contribution in [2.45, 2.75) is 25.4 Å². The van der Waals surface area contributed by atoms with Crippen LogP contribution < -0.4 is 4.74 Å². The van der Waals surface area contributed by atoms with Crippen molar-refractivity contribution in [3.05, 3.63) is 29.8 Å². The predicted octanol–water partition coefficient (Wildman–Crippen LogP) is 2.03. The lowest BCUT2D eigenvalue weighted by Crippen LogP contribution is -2.28. The van der Waals surface area contributed by atoms with Crippen molar-refractivity contribution in [3.8, 4) is 5.75 Å². The summed E-state index contributed by atoms with van der Waals surface area (Å²) in [6.07, 6.45) is 0.0750. The van der Waals surface area contributed by atoms with Crippen LogP contribution in [0, 0.1) is 0 Å². The molecule has 1 aliphatic heterocycles. The Labute approximate surface area is 82.3 Å². The molecule has 1 aromatic rings.